The average Bonchev–Trinajstić information content (AvgIpc) is 1.81. The zero-order valence-electron chi connectivity index (χ0n) is 6.26. The van der Waals surface area contributed by atoms with E-state index in [4.69, 9.17) is 5.11 Å². The molecule has 0 saturated carbocycles. The average molecular weight is 144 g/mol. The highest BCUT2D eigenvalue weighted by atomic mass is 16.7. The van der Waals surface area contributed by atoms with Crippen molar-refractivity contribution in [1.29, 1.82) is 0 Å². The molecule has 58 valence electrons. The van der Waals surface area contributed by atoms with Gasteiger partial charge in [-0.05, 0) is 18.9 Å². The van der Waals surface area contributed by atoms with Gasteiger partial charge in [0.25, 0.3) is 0 Å². The normalized spacial score (nSPS) is 12.2. The molecule has 3 nitrogen and oxygen atoms in total. The lowest BCUT2D eigenvalue weighted by Gasteiger charge is -2.12. The number of hydrogen-bond donors (Lipinski definition) is 1. The Bertz CT molecular complexity index is 140. The van der Waals surface area contributed by atoms with Gasteiger partial charge in [-0.2, -0.15) is 0 Å². The van der Waals surface area contributed by atoms with Crippen molar-refractivity contribution in [2.24, 2.45) is 0 Å². The lowest BCUT2D eigenvalue weighted by molar-refractivity contribution is 0.0640. The molecule has 0 radical (unpaired) electrons. The number of hydrogen-bond acceptors (Lipinski definition) is 2. The van der Waals surface area contributed by atoms with E-state index in [-0.39, 0.29) is 6.10 Å². The van der Waals surface area contributed by atoms with Gasteiger partial charge < -0.3 is 9.84 Å². The maximum absolute atomic E-state index is 10.0. The lowest BCUT2D eigenvalue weighted by atomic mass is 10.1. The second kappa shape index (κ2) is 3.93. The van der Waals surface area contributed by atoms with Crippen LogP contribution in [-0.4, -0.2) is 17.4 Å². The highest BCUT2D eigenvalue weighted by Crippen LogP contribution is 2.07. The molecule has 0 saturated heterocycles. The molecule has 0 spiro atoms. The lowest BCUT2D eigenvalue weighted by Crippen LogP contribution is -2.16. The Kier molecular flexibility index (Phi) is 3.54. The first-order valence-electron chi connectivity index (χ1n) is 3.13. The van der Waals surface area contributed by atoms with Crippen LogP contribution in [-0.2, 0) is 4.74 Å². The maximum atomic E-state index is 10.0. The molecule has 0 amide bonds. The number of rotatable bonds is 3. The summed E-state index contributed by atoms with van der Waals surface area (Å²) < 4.78 is 4.48. The third-order valence-electron chi connectivity index (χ3n) is 1.16. The molecular weight excluding hydrogens is 132 g/mol. The van der Waals surface area contributed by atoms with Crippen molar-refractivity contribution in [3.8, 4) is 0 Å². The van der Waals surface area contributed by atoms with Gasteiger partial charge in [-0.25, -0.2) is 4.79 Å². The summed E-state index contributed by atoms with van der Waals surface area (Å²) in [5.41, 5.74) is 0.741. The summed E-state index contributed by atoms with van der Waals surface area (Å²) in [5, 5.41) is 8.20. The van der Waals surface area contributed by atoms with Gasteiger partial charge in [0.2, 0.25) is 0 Å². The first-order valence-corrected chi connectivity index (χ1v) is 3.13. The minimum atomic E-state index is -1.24. The fourth-order valence-corrected chi connectivity index (χ4v) is 0.654. The van der Waals surface area contributed by atoms with Crippen molar-refractivity contribution < 1.29 is 14.6 Å². The first kappa shape index (κ1) is 9.01. The Morgan fingerprint density at radius 2 is 2.30 bits per heavy atom. The van der Waals surface area contributed by atoms with Crippen LogP contribution in [0.2, 0.25) is 0 Å². The molecule has 0 rings (SSSR count). The van der Waals surface area contributed by atoms with Crippen LogP contribution in [0.15, 0.2) is 12.2 Å². The van der Waals surface area contributed by atoms with Crippen LogP contribution in [0.25, 0.3) is 0 Å². The highest BCUT2D eigenvalue weighted by molar-refractivity contribution is 5.57. The second-order valence-electron chi connectivity index (χ2n) is 2.13. The summed E-state index contributed by atoms with van der Waals surface area (Å²) in [7, 11) is 0. The SMILES string of the molecule is C=C(C)C(CC)OC(=O)O. The number of carbonyl (C=O) groups is 1. The Labute approximate surface area is 60.3 Å². The molecular formula is C7H12O3. The maximum Gasteiger partial charge on any atom is 0.506 e. The van der Waals surface area contributed by atoms with Crippen LogP contribution in [0.5, 0.6) is 0 Å². The van der Waals surface area contributed by atoms with Crippen LogP contribution in [0, 0.1) is 0 Å². The minimum Gasteiger partial charge on any atom is -0.450 e. The molecule has 1 unspecified atom stereocenters. The van der Waals surface area contributed by atoms with Crippen molar-refractivity contribution in [3.63, 3.8) is 0 Å². The molecule has 0 aromatic heterocycles. The van der Waals surface area contributed by atoms with E-state index in [0.29, 0.717) is 6.42 Å². The summed E-state index contributed by atoms with van der Waals surface area (Å²) >= 11 is 0. The van der Waals surface area contributed by atoms with E-state index < -0.39 is 6.16 Å². The molecule has 0 aromatic carbocycles. The van der Waals surface area contributed by atoms with Crippen molar-refractivity contribution >= 4 is 6.16 Å². The largest absolute Gasteiger partial charge is 0.506 e. The predicted molar refractivity (Wildman–Crippen MR) is 38.0 cm³/mol. The third-order valence-corrected chi connectivity index (χ3v) is 1.16. The Morgan fingerprint density at radius 1 is 1.80 bits per heavy atom. The van der Waals surface area contributed by atoms with Gasteiger partial charge >= 0.3 is 6.16 Å². The molecule has 1 atom stereocenters. The first-order chi connectivity index (χ1) is 4.57. The predicted octanol–water partition coefficient (Wildman–Crippen LogP) is 2.04. The van der Waals surface area contributed by atoms with E-state index in [1.54, 1.807) is 6.92 Å². The van der Waals surface area contributed by atoms with E-state index in [2.05, 4.69) is 11.3 Å². The van der Waals surface area contributed by atoms with Crippen LogP contribution >= 0.6 is 0 Å². The van der Waals surface area contributed by atoms with Crippen LogP contribution in [0.3, 0.4) is 0 Å². The second-order valence-corrected chi connectivity index (χ2v) is 2.13. The molecule has 0 aliphatic carbocycles. The molecule has 1 N–H and O–H groups in total. The van der Waals surface area contributed by atoms with E-state index >= 15 is 0 Å². The fraction of sp³-hybridized carbons (Fsp3) is 0.571. The Balaban J connectivity index is 3.83. The molecule has 0 bridgehead atoms. The van der Waals surface area contributed by atoms with Gasteiger partial charge in [-0.15, -0.1) is 0 Å². The standard InChI is InChI=1S/C7H12O3/c1-4-6(5(2)3)10-7(8)9/h6H,2,4H2,1,3H3,(H,8,9). The summed E-state index contributed by atoms with van der Waals surface area (Å²) in [6, 6.07) is 0. The minimum absolute atomic E-state index is 0.350. The van der Waals surface area contributed by atoms with Gasteiger partial charge in [0.1, 0.15) is 6.10 Å². The van der Waals surface area contributed by atoms with E-state index in [9.17, 15) is 4.79 Å². The zero-order valence-corrected chi connectivity index (χ0v) is 6.26. The van der Waals surface area contributed by atoms with Gasteiger partial charge in [0.15, 0.2) is 0 Å². The van der Waals surface area contributed by atoms with Crippen LogP contribution in [0.4, 0.5) is 4.79 Å². The molecule has 3 heteroatoms. The van der Waals surface area contributed by atoms with Gasteiger partial charge in [-0.1, -0.05) is 13.5 Å². The van der Waals surface area contributed by atoms with Crippen molar-refractivity contribution in [2.75, 3.05) is 0 Å². The summed E-state index contributed by atoms with van der Waals surface area (Å²) in [6.45, 7) is 7.19. The topological polar surface area (TPSA) is 46.5 Å². The van der Waals surface area contributed by atoms with E-state index in [1.165, 1.54) is 0 Å². The van der Waals surface area contributed by atoms with Crippen molar-refractivity contribution in [3.05, 3.63) is 12.2 Å². The summed E-state index contributed by atoms with van der Waals surface area (Å²) in [4.78, 5) is 10.0. The monoisotopic (exact) mass is 144 g/mol. The number of carboxylic acid groups (broad SMARTS) is 1. The van der Waals surface area contributed by atoms with E-state index in [1.807, 2.05) is 6.92 Å². The summed E-state index contributed by atoms with van der Waals surface area (Å²) in [6.07, 6.45) is -0.950. The third kappa shape index (κ3) is 3.12. The van der Waals surface area contributed by atoms with Gasteiger partial charge in [0.05, 0.1) is 0 Å². The van der Waals surface area contributed by atoms with Crippen LogP contribution < -0.4 is 0 Å². The van der Waals surface area contributed by atoms with Gasteiger partial charge in [-0.3, -0.25) is 0 Å². The zero-order chi connectivity index (χ0) is 8.15. The Morgan fingerprint density at radius 3 is 2.40 bits per heavy atom. The number of ether oxygens (including phenoxy) is 1. The summed E-state index contributed by atoms with van der Waals surface area (Å²) in [5.74, 6) is 0. The highest BCUT2D eigenvalue weighted by Gasteiger charge is 2.10. The molecule has 0 heterocycles. The smallest absolute Gasteiger partial charge is 0.450 e. The van der Waals surface area contributed by atoms with E-state index in [0.717, 1.165) is 5.57 Å². The van der Waals surface area contributed by atoms with Gasteiger partial charge in [0, 0.05) is 0 Å². The molecule has 0 aromatic rings. The molecule has 0 fully saturated rings. The molecule has 0 aliphatic rings. The molecule has 10 heavy (non-hydrogen) atoms. The molecule has 0 aliphatic heterocycles. The van der Waals surface area contributed by atoms with Crippen LogP contribution in [0.1, 0.15) is 20.3 Å². The fourth-order valence-electron chi connectivity index (χ4n) is 0.654. The quantitative estimate of drug-likeness (QED) is 0.487. The van der Waals surface area contributed by atoms with Crippen molar-refractivity contribution in [2.45, 2.75) is 26.4 Å². The van der Waals surface area contributed by atoms with Crippen molar-refractivity contribution in [1.82, 2.24) is 0 Å². The Hall–Kier alpha value is -0.990.